The second-order valence-corrected chi connectivity index (χ2v) is 25.5. The lowest BCUT2D eigenvalue weighted by atomic mass is 9.86. The zero-order valence-corrected chi connectivity index (χ0v) is 60.8. The predicted molar refractivity (Wildman–Crippen MR) is 394 cm³/mol. The number of carboxylic acids is 1. The monoisotopic (exact) mass is 1520 g/mol. The summed E-state index contributed by atoms with van der Waals surface area (Å²) in [6, 6.07) is 24.5. The zero-order valence-electron chi connectivity index (χ0n) is 58.6. The number of nitriles is 1. The van der Waals surface area contributed by atoms with Crippen molar-refractivity contribution in [3.8, 4) is 40.0 Å². The van der Waals surface area contributed by atoms with Crippen molar-refractivity contribution in [3.63, 3.8) is 0 Å². The summed E-state index contributed by atoms with van der Waals surface area (Å²) in [5.74, 6) is -7.13. The Morgan fingerprint density at radius 1 is 0.698 bits per heavy atom. The van der Waals surface area contributed by atoms with Crippen LogP contribution >= 0.6 is 34.8 Å². The van der Waals surface area contributed by atoms with Crippen molar-refractivity contribution >= 4 is 117 Å². The molecule has 0 aliphatic carbocycles. The number of aromatic carboxylic acids is 1. The van der Waals surface area contributed by atoms with Crippen molar-refractivity contribution in [2.75, 3.05) is 77.0 Å². The number of carboxylic acid groups (broad SMARTS) is 1. The molecule has 0 radical (unpaired) electrons. The second-order valence-electron chi connectivity index (χ2n) is 24.4. The number of esters is 2. The van der Waals surface area contributed by atoms with E-state index in [0.29, 0.717) is 39.3 Å². The van der Waals surface area contributed by atoms with Crippen LogP contribution in [0.5, 0.6) is 11.5 Å². The van der Waals surface area contributed by atoms with Crippen LogP contribution in [0.3, 0.4) is 0 Å². The van der Waals surface area contributed by atoms with Gasteiger partial charge in [-0.3, -0.25) is 44.2 Å². The van der Waals surface area contributed by atoms with Crippen LogP contribution in [0.2, 0.25) is 15.5 Å². The highest BCUT2D eigenvalue weighted by molar-refractivity contribution is 6.31. The number of pyridine rings is 4. The molecule has 2 amide bonds. The van der Waals surface area contributed by atoms with E-state index in [4.69, 9.17) is 89.5 Å². The van der Waals surface area contributed by atoms with Gasteiger partial charge in [0.1, 0.15) is 81.0 Å². The number of carbonyl (C=O) groups is 8. The Balaban J connectivity index is 0.000000422. The zero-order chi connectivity index (χ0) is 79.0. The average molecular weight is 1520 g/mol. The fourth-order valence-corrected chi connectivity index (χ4v) is 11.0. The molecule has 1 aliphatic rings. The SMILES string of the molecule is COC(=O)c1cc([N+](=O)[O-])c(Cl)nc1N.COC(=O)c1ccc(Cl)nc1N.C[C@@H]1CC(=O)[C@@H](N(C)C(=O)[C@H](CCN)CC(=O)c2cc([N+](=O)[O-])c(-c3ccc(C(C)(C)C)cc3)nc2N)c2ccc(OCCN)c(c2)-c2cc(ccc2OCCN)C[C@@H](C(=O)CCC#N)NC1=O.Nc1nc(Cl)ccc1C(=O)O. The first-order valence-electron chi connectivity index (χ1n) is 32.1. The van der Waals surface area contributed by atoms with Crippen LogP contribution in [0, 0.1) is 43.4 Å². The van der Waals surface area contributed by atoms with Crippen LogP contribution in [0.4, 0.5) is 34.6 Å². The Labute approximate surface area is 622 Å². The molecule has 4 aromatic heterocycles. The Morgan fingerprint density at radius 2 is 1.23 bits per heavy atom. The number of nitro groups is 2. The Kier molecular flexibility index (Phi) is 31.6. The number of likely N-dealkylation sites (N-methyl/N-ethyl adjacent to an activating group) is 1. The van der Waals surface area contributed by atoms with E-state index in [-0.39, 0.29) is 143 Å². The number of rotatable bonds is 22. The molecule has 7 aromatic rings. The van der Waals surface area contributed by atoms with E-state index in [0.717, 1.165) is 24.8 Å². The minimum absolute atomic E-state index is 0.0186. The van der Waals surface area contributed by atoms with Gasteiger partial charge in [0.15, 0.2) is 23.0 Å². The molecule has 562 valence electrons. The van der Waals surface area contributed by atoms with Gasteiger partial charge in [-0.1, -0.05) is 98.9 Å². The lowest BCUT2D eigenvalue weighted by Crippen LogP contribution is -2.46. The van der Waals surface area contributed by atoms with E-state index in [9.17, 15) is 63.8 Å². The lowest BCUT2D eigenvalue weighted by Gasteiger charge is -2.32. The number of nitrogens with two attached hydrogens (primary N) is 7. The van der Waals surface area contributed by atoms with Crippen LogP contribution in [-0.2, 0) is 40.5 Å². The van der Waals surface area contributed by atoms with Crippen molar-refractivity contribution in [2.45, 2.75) is 83.7 Å². The number of ether oxygens (including phenoxy) is 4. The number of nitrogens with one attached hydrogen (secondary N) is 1. The summed E-state index contributed by atoms with van der Waals surface area (Å²) >= 11 is 16.4. The molecule has 0 saturated heterocycles. The first-order chi connectivity index (χ1) is 50.0. The molecule has 8 rings (SSSR count). The number of anilines is 4. The maximum absolute atomic E-state index is 14.8. The number of fused-ring (bicyclic) bond motifs is 5. The van der Waals surface area contributed by atoms with Crippen molar-refractivity contribution in [3.05, 3.63) is 172 Å². The molecule has 0 spiro atoms. The molecule has 3 aromatic carbocycles. The lowest BCUT2D eigenvalue weighted by molar-refractivity contribution is -0.385. The van der Waals surface area contributed by atoms with Crippen molar-refractivity contribution in [1.29, 1.82) is 5.26 Å². The average Bonchev–Trinajstić information content (AvgIpc) is 0.785. The molecule has 5 heterocycles. The quantitative estimate of drug-likeness (QED) is 0.0101. The Morgan fingerprint density at radius 3 is 1.75 bits per heavy atom. The summed E-state index contributed by atoms with van der Waals surface area (Å²) in [7, 11) is 3.81. The van der Waals surface area contributed by atoms with Gasteiger partial charge in [0.2, 0.25) is 17.0 Å². The molecular weight excluding hydrogens is 1440 g/mol. The molecule has 36 heteroatoms. The van der Waals surface area contributed by atoms with Gasteiger partial charge in [0.25, 0.3) is 5.69 Å². The van der Waals surface area contributed by atoms with E-state index in [1.165, 1.54) is 50.2 Å². The molecule has 0 fully saturated rings. The molecule has 4 bridgehead atoms. The minimum atomic E-state index is -1.35. The van der Waals surface area contributed by atoms with Crippen LogP contribution in [0.15, 0.2) is 97.1 Å². The number of Topliss-reactive ketones (excluding diaryl/α,β-unsaturated/α-hetero) is 3. The fourth-order valence-electron chi connectivity index (χ4n) is 10.5. The molecule has 106 heavy (non-hydrogen) atoms. The Hall–Kier alpha value is -11.5. The number of benzene rings is 3. The number of carbonyl (C=O) groups excluding carboxylic acids is 7. The number of methoxy groups -OCH3 is 2. The summed E-state index contributed by atoms with van der Waals surface area (Å²) in [4.78, 5) is 141. The summed E-state index contributed by atoms with van der Waals surface area (Å²) in [5, 5.41) is 43.5. The van der Waals surface area contributed by atoms with Gasteiger partial charge in [0, 0.05) is 86.5 Å². The highest BCUT2D eigenvalue weighted by atomic mass is 35.5. The summed E-state index contributed by atoms with van der Waals surface area (Å²) < 4.78 is 21.0. The third-order valence-electron chi connectivity index (χ3n) is 15.9. The van der Waals surface area contributed by atoms with Crippen LogP contribution < -0.4 is 54.9 Å². The minimum Gasteiger partial charge on any atom is -0.492 e. The van der Waals surface area contributed by atoms with Crippen molar-refractivity contribution < 1.29 is 72.3 Å². The van der Waals surface area contributed by atoms with E-state index in [1.807, 2.05) is 39.0 Å². The van der Waals surface area contributed by atoms with Gasteiger partial charge in [0.05, 0.1) is 41.7 Å². The van der Waals surface area contributed by atoms with Crippen LogP contribution in [-0.4, -0.2) is 147 Å². The first-order valence-corrected chi connectivity index (χ1v) is 33.2. The van der Waals surface area contributed by atoms with Gasteiger partial charge in [-0.05, 0) is 90.0 Å². The van der Waals surface area contributed by atoms with Gasteiger partial charge in [-0.2, -0.15) is 5.26 Å². The smallest absolute Gasteiger partial charge is 0.341 e. The maximum Gasteiger partial charge on any atom is 0.341 e. The molecular formula is C70H79Cl3N16O17. The highest BCUT2D eigenvalue weighted by Gasteiger charge is 2.37. The summed E-state index contributed by atoms with van der Waals surface area (Å²) in [6.07, 6.45) is -0.997. The number of ketones is 3. The first kappa shape index (κ1) is 85.1. The summed E-state index contributed by atoms with van der Waals surface area (Å²) in [6.45, 7) is 8.21. The van der Waals surface area contributed by atoms with Gasteiger partial charge in [-0.25, -0.2) is 34.3 Å². The number of halogens is 3. The maximum atomic E-state index is 14.8. The molecule has 33 nitrogen and oxygen atoms in total. The van der Waals surface area contributed by atoms with E-state index < -0.39 is 92.9 Å². The number of amides is 2. The largest absolute Gasteiger partial charge is 0.492 e. The third kappa shape index (κ3) is 23.0. The second kappa shape index (κ2) is 39.4. The van der Waals surface area contributed by atoms with Crippen molar-refractivity contribution in [1.82, 2.24) is 30.2 Å². The van der Waals surface area contributed by atoms with E-state index >= 15 is 0 Å². The van der Waals surface area contributed by atoms with E-state index in [1.54, 1.807) is 48.5 Å². The van der Waals surface area contributed by atoms with Gasteiger partial charge < -0.3 is 74.4 Å². The molecule has 4 atom stereocenters. The number of nitrogen functional groups attached to an aromatic ring is 4. The molecule has 0 saturated carbocycles. The number of nitrogens with zero attached hydrogens (tertiary/aromatic N) is 8. The third-order valence-corrected chi connectivity index (χ3v) is 16.6. The molecule has 0 unspecified atom stereocenters. The Bertz CT molecular complexity index is 4480. The van der Waals surface area contributed by atoms with Gasteiger partial charge in [-0.15, -0.1) is 0 Å². The predicted octanol–water partition coefficient (Wildman–Crippen LogP) is 8.26. The van der Waals surface area contributed by atoms with Crippen molar-refractivity contribution in [2.24, 2.45) is 29.0 Å². The standard InChI is InChI=1S/C50H61N9O9.C7H6ClN3O4.C7H7ClN2O2.C6H5ClN2O2/c1-29-23-42(62)46(58(5)49(64)33(16-18-52)27-41(61)37-28-39(59(65)66)45(57-47(37)55)31-9-12-34(13-10-31)50(2,3)4)32-11-15-44(68-22-20-54)36(26-32)35-24-30(8-14-43(35)67-21-19-53)25-38(56-48(29)63)40(60)7-6-17-51;1-15-7(12)3-2-4(11(13)14)5(8)10-6(3)9;1-12-7(11)4-2-3-5(8)10-6(4)9;7-4-2-1-3(6(10)11)5(8)9-4/h8-15,24,26,28-29,33,38,46H,6-7,16,18-23,25,27,52-54H2,1-5H3,(H2,55,57)(H,56,63);2H,1H3,(H2,9,10);2-3H,1H3,(H2,9,10);1-2H,(H2,8,9)(H,10,11)/t29-,33-,38+,46+;;;/m1.../s1. The number of hydrogen-bond acceptors (Lipinski definition) is 28. The van der Waals surface area contributed by atoms with Crippen LogP contribution in [0.1, 0.15) is 124 Å². The highest BCUT2D eigenvalue weighted by Crippen LogP contribution is 2.42. The van der Waals surface area contributed by atoms with Gasteiger partial charge >= 0.3 is 23.6 Å². The van der Waals surface area contributed by atoms with Crippen LogP contribution in [0.25, 0.3) is 22.4 Å². The topological polar surface area (TPSA) is 553 Å². The number of hydrogen-bond donors (Lipinski definition) is 9. The fraction of sp³-hybridized carbons (Fsp3) is 0.329. The molecule has 16 N–H and O–H groups in total. The molecule has 1 aliphatic heterocycles. The van der Waals surface area contributed by atoms with E-state index in [2.05, 4.69) is 34.7 Å². The summed E-state index contributed by atoms with van der Waals surface area (Å²) in [5.41, 5.74) is 42.0. The normalized spacial score (nSPS) is 14.1. The number of aromatic nitrogens is 4.